The molecule has 0 aliphatic carbocycles. The number of hydrogen-bond donors (Lipinski definition) is 0. The minimum absolute atomic E-state index is 0.321. The highest BCUT2D eigenvalue weighted by molar-refractivity contribution is 6.05. The average molecular weight is 430 g/mol. The molecule has 7 nitrogen and oxygen atoms in total. The third-order valence-electron chi connectivity index (χ3n) is 5.06. The molecule has 2 aromatic carbocycles. The highest BCUT2D eigenvalue weighted by Gasteiger charge is 2.19. The van der Waals surface area contributed by atoms with Gasteiger partial charge in [0.25, 0.3) is 5.91 Å². The van der Waals surface area contributed by atoms with Gasteiger partial charge in [-0.05, 0) is 30.3 Å². The molecule has 162 valence electrons. The molecule has 32 heavy (non-hydrogen) atoms. The number of benzene rings is 2. The van der Waals surface area contributed by atoms with Gasteiger partial charge in [0.15, 0.2) is 12.4 Å². The lowest BCUT2D eigenvalue weighted by molar-refractivity contribution is -0.133. The Morgan fingerprint density at radius 1 is 1.03 bits per heavy atom. The van der Waals surface area contributed by atoms with E-state index in [2.05, 4.69) is 4.98 Å². The number of carbonyl (C=O) groups excluding carboxylic acids is 2. The largest absolute Gasteiger partial charge is 0.496 e. The number of methoxy groups -OCH3 is 1. The number of likely N-dealkylation sites (N-methyl/N-ethyl adjacent to an activating group) is 1. The summed E-state index contributed by atoms with van der Waals surface area (Å²) in [6.07, 6.45) is 1.54. The summed E-state index contributed by atoms with van der Waals surface area (Å²) in [7, 11) is 3.23. The van der Waals surface area contributed by atoms with Crippen LogP contribution in [0, 0.1) is 0 Å². The van der Waals surface area contributed by atoms with Crippen molar-refractivity contribution in [1.82, 2.24) is 9.88 Å². The normalized spacial score (nSPS) is 10.7. The molecule has 0 unspecified atom stereocenters. The molecule has 0 atom stereocenters. The molecule has 4 aromatic rings. The summed E-state index contributed by atoms with van der Waals surface area (Å²) in [6.45, 7) is -0.0432. The van der Waals surface area contributed by atoms with Crippen molar-refractivity contribution in [2.75, 3.05) is 20.8 Å². The third kappa shape index (κ3) is 4.46. The number of furan rings is 1. The predicted molar refractivity (Wildman–Crippen MR) is 119 cm³/mol. The number of amides is 1. The van der Waals surface area contributed by atoms with E-state index in [1.165, 1.54) is 4.90 Å². The van der Waals surface area contributed by atoms with Gasteiger partial charge < -0.3 is 18.8 Å². The summed E-state index contributed by atoms with van der Waals surface area (Å²) in [5.41, 5.74) is 2.33. The van der Waals surface area contributed by atoms with Crippen LogP contribution in [0.1, 0.15) is 15.9 Å². The van der Waals surface area contributed by atoms with E-state index in [-0.39, 0.29) is 12.5 Å². The van der Waals surface area contributed by atoms with E-state index in [4.69, 9.17) is 13.9 Å². The number of esters is 1. The van der Waals surface area contributed by atoms with Crippen LogP contribution >= 0.6 is 0 Å². The van der Waals surface area contributed by atoms with Crippen LogP contribution in [0.2, 0.25) is 0 Å². The Morgan fingerprint density at radius 3 is 2.59 bits per heavy atom. The van der Waals surface area contributed by atoms with E-state index in [0.29, 0.717) is 40.2 Å². The number of ether oxygens (including phenoxy) is 2. The van der Waals surface area contributed by atoms with Gasteiger partial charge in [-0.15, -0.1) is 0 Å². The Hall–Kier alpha value is -4.13. The Labute approximate surface area is 185 Å². The summed E-state index contributed by atoms with van der Waals surface area (Å²) in [6, 6.07) is 19.9. The van der Waals surface area contributed by atoms with Gasteiger partial charge in [-0.3, -0.25) is 4.79 Å². The molecule has 0 saturated heterocycles. The van der Waals surface area contributed by atoms with Gasteiger partial charge in [-0.2, -0.15) is 0 Å². The van der Waals surface area contributed by atoms with Crippen LogP contribution in [0.5, 0.6) is 5.75 Å². The number of pyridine rings is 1. The van der Waals surface area contributed by atoms with Gasteiger partial charge in [-0.1, -0.05) is 36.4 Å². The summed E-state index contributed by atoms with van der Waals surface area (Å²) < 4.78 is 16.1. The SMILES string of the molecule is COc1ccccc1CN(C)C(=O)COC(=O)c1cc(-c2ccco2)nc2ccccc12. The fraction of sp³-hybridized carbons (Fsp3) is 0.160. The number of aromatic nitrogens is 1. The first-order chi connectivity index (χ1) is 15.6. The van der Waals surface area contributed by atoms with Crippen molar-refractivity contribution >= 4 is 22.8 Å². The molecule has 0 fully saturated rings. The molecule has 2 heterocycles. The maximum absolute atomic E-state index is 12.9. The minimum Gasteiger partial charge on any atom is -0.496 e. The lowest BCUT2D eigenvalue weighted by Crippen LogP contribution is -2.31. The van der Waals surface area contributed by atoms with E-state index in [1.54, 1.807) is 44.7 Å². The second-order valence-corrected chi connectivity index (χ2v) is 7.19. The fourth-order valence-corrected chi connectivity index (χ4v) is 3.39. The predicted octanol–water partition coefficient (Wildman–Crippen LogP) is 4.32. The number of carbonyl (C=O) groups is 2. The Morgan fingerprint density at radius 2 is 1.81 bits per heavy atom. The van der Waals surface area contributed by atoms with Crippen LogP contribution < -0.4 is 4.74 Å². The van der Waals surface area contributed by atoms with E-state index < -0.39 is 5.97 Å². The molecule has 2 aromatic heterocycles. The zero-order chi connectivity index (χ0) is 22.5. The van der Waals surface area contributed by atoms with Crippen molar-refractivity contribution in [3.8, 4) is 17.2 Å². The van der Waals surface area contributed by atoms with Crippen molar-refractivity contribution in [1.29, 1.82) is 0 Å². The summed E-state index contributed by atoms with van der Waals surface area (Å²) in [5, 5.41) is 0.641. The van der Waals surface area contributed by atoms with Gasteiger partial charge in [0.1, 0.15) is 11.4 Å². The van der Waals surface area contributed by atoms with Gasteiger partial charge in [0.2, 0.25) is 0 Å². The van der Waals surface area contributed by atoms with Gasteiger partial charge in [0, 0.05) is 24.5 Å². The topological polar surface area (TPSA) is 81.9 Å². The lowest BCUT2D eigenvalue weighted by Gasteiger charge is -2.19. The van der Waals surface area contributed by atoms with Crippen LogP contribution in [-0.4, -0.2) is 42.5 Å². The average Bonchev–Trinajstić information content (AvgIpc) is 3.37. The Bertz CT molecular complexity index is 1250. The van der Waals surface area contributed by atoms with Crippen molar-refractivity contribution < 1.29 is 23.5 Å². The van der Waals surface area contributed by atoms with Crippen molar-refractivity contribution in [2.45, 2.75) is 6.54 Å². The van der Waals surface area contributed by atoms with Crippen LogP contribution in [0.15, 0.2) is 77.4 Å². The number of fused-ring (bicyclic) bond motifs is 1. The first kappa shape index (κ1) is 21.1. The Balaban J connectivity index is 1.49. The van der Waals surface area contributed by atoms with Crippen LogP contribution in [0.4, 0.5) is 0 Å². The smallest absolute Gasteiger partial charge is 0.339 e. The molecule has 0 radical (unpaired) electrons. The number of hydrogen-bond acceptors (Lipinski definition) is 6. The van der Waals surface area contributed by atoms with Crippen LogP contribution in [0.25, 0.3) is 22.4 Å². The molecular weight excluding hydrogens is 408 g/mol. The van der Waals surface area contributed by atoms with E-state index in [0.717, 1.165) is 5.56 Å². The van der Waals surface area contributed by atoms with Gasteiger partial charge in [-0.25, -0.2) is 9.78 Å². The van der Waals surface area contributed by atoms with Crippen LogP contribution in [0.3, 0.4) is 0 Å². The molecule has 4 rings (SSSR count). The van der Waals surface area contributed by atoms with Crippen molar-refractivity contribution in [3.63, 3.8) is 0 Å². The molecule has 1 amide bonds. The lowest BCUT2D eigenvalue weighted by atomic mass is 10.1. The highest BCUT2D eigenvalue weighted by atomic mass is 16.5. The molecule has 0 aliphatic rings. The van der Waals surface area contributed by atoms with Gasteiger partial charge >= 0.3 is 5.97 Å². The zero-order valence-corrected chi connectivity index (χ0v) is 17.8. The fourth-order valence-electron chi connectivity index (χ4n) is 3.39. The number of para-hydroxylation sites is 2. The second-order valence-electron chi connectivity index (χ2n) is 7.19. The number of rotatable bonds is 7. The molecule has 0 N–H and O–H groups in total. The second kappa shape index (κ2) is 9.34. The Kier molecular flexibility index (Phi) is 6.17. The molecule has 0 bridgehead atoms. The number of nitrogens with zero attached hydrogens (tertiary/aromatic N) is 2. The van der Waals surface area contributed by atoms with Crippen molar-refractivity contribution in [2.24, 2.45) is 0 Å². The quantitative estimate of drug-likeness (QED) is 0.406. The van der Waals surface area contributed by atoms with E-state index in [9.17, 15) is 9.59 Å². The first-order valence-electron chi connectivity index (χ1n) is 10.0. The zero-order valence-electron chi connectivity index (χ0n) is 17.8. The third-order valence-corrected chi connectivity index (χ3v) is 5.06. The first-order valence-corrected chi connectivity index (χ1v) is 10.0. The van der Waals surface area contributed by atoms with Crippen molar-refractivity contribution in [3.05, 3.63) is 84.1 Å². The molecule has 0 aliphatic heterocycles. The minimum atomic E-state index is -0.601. The summed E-state index contributed by atoms with van der Waals surface area (Å²) >= 11 is 0. The highest BCUT2D eigenvalue weighted by Crippen LogP contribution is 2.26. The monoisotopic (exact) mass is 430 g/mol. The molecule has 7 heteroatoms. The standard InChI is InChI=1S/C25H22N2O5/c1-27(15-17-8-3-6-11-22(17)30-2)24(28)16-32-25(29)19-14-21(23-12-7-13-31-23)26-20-10-5-4-9-18(19)20/h3-14H,15-16H2,1-2H3. The van der Waals surface area contributed by atoms with Gasteiger partial charge in [0.05, 0.1) is 24.5 Å². The molecule has 0 saturated carbocycles. The van der Waals surface area contributed by atoms with E-state index >= 15 is 0 Å². The summed E-state index contributed by atoms with van der Waals surface area (Å²) in [4.78, 5) is 31.5. The molecule has 0 spiro atoms. The maximum Gasteiger partial charge on any atom is 0.339 e. The summed E-state index contributed by atoms with van der Waals surface area (Å²) in [5.74, 6) is 0.305. The maximum atomic E-state index is 12.9. The van der Waals surface area contributed by atoms with E-state index in [1.807, 2.05) is 42.5 Å². The van der Waals surface area contributed by atoms with Crippen LogP contribution in [-0.2, 0) is 16.1 Å². The molecular formula is C25H22N2O5.